The van der Waals surface area contributed by atoms with E-state index in [0.717, 1.165) is 0 Å². The maximum atomic E-state index is 11.8. The van der Waals surface area contributed by atoms with Crippen LogP contribution in [0.5, 0.6) is 0 Å². The number of amides is 3. The van der Waals surface area contributed by atoms with Crippen molar-refractivity contribution < 1.29 is 14.7 Å². The summed E-state index contributed by atoms with van der Waals surface area (Å²) in [5, 5.41) is 9.15. The number of nitrogens with zero attached hydrogens (tertiary/aromatic N) is 3. The number of hydrogen-bond donors (Lipinski definition) is 1. The molecule has 1 aliphatic heterocycles. The van der Waals surface area contributed by atoms with Gasteiger partial charge < -0.3 is 19.8 Å². The molecular formula is C12H23N3O3. The Bertz CT molecular complexity index is 297. The third kappa shape index (κ3) is 4.18. The van der Waals surface area contributed by atoms with Crippen LogP contribution in [0.1, 0.15) is 19.8 Å². The molecule has 1 N–H and O–H groups in total. The van der Waals surface area contributed by atoms with E-state index in [-0.39, 0.29) is 11.9 Å². The van der Waals surface area contributed by atoms with E-state index in [4.69, 9.17) is 5.11 Å². The van der Waals surface area contributed by atoms with Gasteiger partial charge in [0.15, 0.2) is 0 Å². The zero-order valence-corrected chi connectivity index (χ0v) is 11.4. The lowest BCUT2D eigenvalue weighted by atomic mass is 10.2. The molecule has 1 heterocycles. The molecule has 1 fully saturated rings. The second-order valence-corrected chi connectivity index (χ2v) is 4.93. The number of carbonyl (C=O) groups is 2. The predicted octanol–water partition coefficient (Wildman–Crippen LogP) is -0.0268. The maximum absolute atomic E-state index is 11.8. The molecule has 6 heteroatoms. The molecule has 3 amide bonds. The molecular weight excluding hydrogens is 234 g/mol. The quantitative estimate of drug-likeness (QED) is 0.772. The molecule has 0 aliphatic carbocycles. The summed E-state index contributed by atoms with van der Waals surface area (Å²) in [6.45, 7) is 4.01. The van der Waals surface area contributed by atoms with Gasteiger partial charge >= 0.3 is 6.03 Å². The summed E-state index contributed by atoms with van der Waals surface area (Å²) < 4.78 is 0. The van der Waals surface area contributed by atoms with Gasteiger partial charge in [-0.2, -0.15) is 0 Å². The summed E-state index contributed by atoms with van der Waals surface area (Å²) in [5.41, 5.74) is 0. The monoisotopic (exact) mass is 257 g/mol. The lowest BCUT2D eigenvalue weighted by Gasteiger charge is -2.36. The Hall–Kier alpha value is -1.30. The van der Waals surface area contributed by atoms with Crippen molar-refractivity contribution in [2.24, 2.45) is 0 Å². The smallest absolute Gasteiger partial charge is 0.319 e. The number of hydrogen-bond acceptors (Lipinski definition) is 3. The van der Waals surface area contributed by atoms with Crippen molar-refractivity contribution in [2.75, 3.05) is 40.3 Å². The zero-order valence-electron chi connectivity index (χ0n) is 11.4. The van der Waals surface area contributed by atoms with E-state index >= 15 is 0 Å². The average molecular weight is 257 g/mol. The van der Waals surface area contributed by atoms with Crippen LogP contribution in [0, 0.1) is 0 Å². The topological polar surface area (TPSA) is 64.1 Å². The Balaban J connectivity index is 2.35. The fourth-order valence-corrected chi connectivity index (χ4v) is 1.92. The van der Waals surface area contributed by atoms with E-state index in [1.165, 1.54) is 0 Å². The molecule has 0 spiro atoms. The molecule has 0 aromatic heterocycles. The molecule has 1 rings (SSSR count). The fraction of sp³-hybridized carbons (Fsp3) is 0.833. The van der Waals surface area contributed by atoms with Crippen LogP contribution in [0.2, 0.25) is 0 Å². The van der Waals surface area contributed by atoms with E-state index in [0.29, 0.717) is 39.0 Å². The molecule has 1 unspecified atom stereocenters. The molecule has 0 aromatic carbocycles. The van der Waals surface area contributed by atoms with Gasteiger partial charge in [-0.3, -0.25) is 4.79 Å². The maximum Gasteiger partial charge on any atom is 0.319 e. The number of carbonyl (C=O) groups excluding carboxylic acids is 2. The SMILES string of the molecule is CC(O)CCC(=O)N1CCN(C(=O)N(C)C)CC1. The molecule has 0 bridgehead atoms. The van der Waals surface area contributed by atoms with Gasteiger partial charge in [0.05, 0.1) is 6.10 Å². The highest BCUT2D eigenvalue weighted by atomic mass is 16.3. The molecule has 6 nitrogen and oxygen atoms in total. The van der Waals surface area contributed by atoms with E-state index in [9.17, 15) is 9.59 Å². The Kier molecular flexibility index (Phi) is 5.40. The van der Waals surface area contributed by atoms with Crippen molar-refractivity contribution in [1.82, 2.24) is 14.7 Å². The summed E-state index contributed by atoms with van der Waals surface area (Å²) >= 11 is 0. The van der Waals surface area contributed by atoms with Gasteiger partial charge in [0.1, 0.15) is 0 Å². The third-order valence-electron chi connectivity index (χ3n) is 3.06. The summed E-state index contributed by atoms with van der Waals surface area (Å²) in [6.07, 6.45) is 0.431. The van der Waals surface area contributed by atoms with Crippen LogP contribution in [-0.4, -0.2) is 78.1 Å². The fourth-order valence-electron chi connectivity index (χ4n) is 1.92. The van der Waals surface area contributed by atoms with Gasteiger partial charge in [0.25, 0.3) is 0 Å². The van der Waals surface area contributed by atoms with Crippen LogP contribution in [-0.2, 0) is 4.79 Å². The Morgan fingerprint density at radius 3 is 2.11 bits per heavy atom. The van der Waals surface area contributed by atoms with E-state index in [1.54, 1.807) is 35.7 Å². The molecule has 0 saturated carbocycles. The first kappa shape index (κ1) is 14.8. The minimum absolute atomic E-state index is 0.00826. The number of aliphatic hydroxyl groups excluding tert-OH is 1. The number of urea groups is 1. The molecule has 0 aromatic rings. The first-order valence-electron chi connectivity index (χ1n) is 6.34. The van der Waals surface area contributed by atoms with Crippen LogP contribution in [0.25, 0.3) is 0 Å². The molecule has 1 saturated heterocycles. The van der Waals surface area contributed by atoms with Crippen molar-refractivity contribution in [1.29, 1.82) is 0 Å². The summed E-state index contributed by atoms with van der Waals surface area (Å²) in [4.78, 5) is 28.6. The molecule has 0 radical (unpaired) electrons. The lowest BCUT2D eigenvalue weighted by Crippen LogP contribution is -2.52. The Labute approximate surface area is 108 Å². The first-order chi connectivity index (χ1) is 8.41. The highest BCUT2D eigenvalue weighted by Crippen LogP contribution is 2.07. The Morgan fingerprint density at radius 2 is 1.67 bits per heavy atom. The van der Waals surface area contributed by atoms with Crippen LogP contribution >= 0.6 is 0 Å². The van der Waals surface area contributed by atoms with Gasteiger partial charge in [-0.1, -0.05) is 0 Å². The minimum Gasteiger partial charge on any atom is -0.393 e. The van der Waals surface area contributed by atoms with Crippen LogP contribution in [0.15, 0.2) is 0 Å². The van der Waals surface area contributed by atoms with Crippen molar-refractivity contribution >= 4 is 11.9 Å². The van der Waals surface area contributed by atoms with Gasteiger partial charge in [-0.05, 0) is 13.3 Å². The second-order valence-electron chi connectivity index (χ2n) is 4.93. The summed E-state index contributed by atoms with van der Waals surface area (Å²) in [5.74, 6) is 0.0628. The molecule has 1 atom stereocenters. The zero-order chi connectivity index (χ0) is 13.7. The van der Waals surface area contributed by atoms with Crippen molar-refractivity contribution in [2.45, 2.75) is 25.9 Å². The van der Waals surface area contributed by atoms with Gasteiger partial charge in [0.2, 0.25) is 5.91 Å². The van der Waals surface area contributed by atoms with E-state index in [1.807, 2.05) is 0 Å². The minimum atomic E-state index is -0.439. The number of piperazine rings is 1. The summed E-state index contributed by atoms with van der Waals surface area (Å²) in [7, 11) is 3.45. The normalized spacial score (nSPS) is 17.6. The number of aliphatic hydroxyl groups is 1. The largest absolute Gasteiger partial charge is 0.393 e. The molecule has 104 valence electrons. The van der Waals surface area contributed by atoms with Crippen molar-refractivity contribution in [3.8, 4) is 0 Å². The predicted molar refractivity (Wildman–Crippen MR) is 68.2 cm³/mol. The van der Waals surface area contributed by atoms with Crippen molar-refractivity contribution in [3.05, 3.63) is 0 Å². The highest BCUT2D eigenvalue weighted by Gasteiger charge is 2.24. The van der Waals surface area contributed by atoms with Crippen LogP contribution < -0.4 is 0 Å². The van der Waals surface area contributed by atoms with Crippen molar-refractivity contribution in [3.63, 3.8) is 0 Å². The lowest BCUT2D eigenvalue weighted by molar-refractivity contribution is -0.133. The van der Waals surface area contributed by atoms with Gasteiger partial charge in [-0.25, -0.2) is 4.79 Å². The molecule has 18 heavy (non-hydrogen) atoms. The van der Waals surface area contributed by atoms with Gasteiger partial charge in [-0.15, -0.1) is 0 Å². The van der Waals surface area contributed by atoms with Crippen LogP contribution in [0.3, 0.4) is 0 Å². The average Bonchev–Trinajstić information content (AvgIpc) is 2.35. The summed E-state index contributed by atoms with van der Waals surface area (Å²) in [6, 6.07) is -0.00826. The molecule has 1 aliphatic rings. The second kappa shape index (κ2) is 6.58. The Morgan fingerprint density at radius 1 is 1.17 bits per heavy atom. The first-order valence-corrected chi connectivity index (χ1v) is 6.34. The number of rotatable bonds is 3. The highest BCUT2D eigenvalue weighted by molar-refractivity contribution is 5.77. The third-order valence-corrected chi connectivity index (χ3v) is 3.06. The van der Waals surface area contributed by atoms with Crippen LogP contribution in [0.4, 0.5) is 4.79 Å². The van der Waals surface area contributed by atoms with E-state index < -0.39 is 6.10 Å². The van der Waals surface area contributed by atoms with E-state index in [2.05, 4.69) is 0 Å². The van der Waals surface area contributed by atoms with Gasteiger partial charge in [0, 0.05) is 46.7 Å². The standard InChI is InChI=1S/C12H23N3O3/c1-10(16)4-5-11(17)14-6-8-15(9-7-14)12(18)13(2)3/h10,16H,4-9H2,1-3H3.